The summed E-state index contributed by atoms with van der Waals surface area (Å²) in [6.07, 6.45) is 1.85. The highest BCUT2D eigenvalue weighted by molar-refractivity contribution is 5.89. The van der Waals surface area contributed by atoms with E-state index in [4.69, 9.17) is 19.9 Å². The number of aromatic nitrogens is 1. The Bertz CT molecular complexity index is 1150. The van der Waals surface area contributed by atoms with Gasteiger partial charge in [0, 0.05) is 18.4 Å². The van der Waals surface area contributed by atoms with E-state index in [2.05, 4.69) is 6.07 Å². The molecule has 31 heavy (non-hydrogen) atoms. The molecule has 4 rings (SSSR count). The van der Waals surface area contributed by atoms with Crippen molar-refractivity contribution >= 4 is 5.97 Å². The molecule has 1 aromatic carbocycles. The normalized spacial score (nSPS) is 20.0. The highest BCUT2D eigenvalue weighted by atomic mass is 16.5. The maximum atomic E-state index is 13.6. The summed E-state index contributed by atoms with van der Waals surface area (Å²) in [5, 5.41) is 9.77. The van der Waals surface area contributed by atoms with E-state index in [1.165, 1.54) is 7.11 Å². The van der Waals surface area contributed by atoms with Gasteiger partial charge in [0.1, 0.15) is 17.4 Å². The first kappa shape index (κ1) is 20.7. The lowest BCUT2D eigenvalue weighted by atomic mass is 9.83. The van der Waals surface area contributed by atoms with Crippen molar-refractivity contribution in [3.8, 4) is 11.8 Å². The fourth-order valence-corrected chi connectivity index (χ4v) is 4.17. The molecule has 2 aromatic rings. The van der Waals surface area contributed by atoms with Crippen molar-refractivity contribution in [3.05, 3.63) is 74.5 Å². The molecule has 0 amide bonds. The molecule has 0 aliphatic carbocycles. The lowest BCUT2D eigenvalue weighted by Crippen LogP contribution is -2.35. The molecule has 1 fully saturated rings. The number of allylic oxidation sites excluding steroid dienone is 1. The number of esters is 1. The fraction of sp³-hybridized carbons (Fsp3) is 0.348. The van der Waals surface area contributed by atoms with Gasteiger partial charge in [0.2, 0.25) is 5.88 Å². The molecule has 0 spiro atoms. The van der Waals surface area contributed by atoms with Crippen LogP contribution in [-0.4, -0.2) is 30.4 Å². The minimum Gasteiger partial charge on any atom is -0.465 e. The first-order chi connectivity index (χ1) is 14.9. The maximum absolute atomic E-state index is 13.6. The van der Waals surface area contributed by atoms with Gasteiger partial charge in [-0.15, -0.1) is 0 Å². The Labute approximate surface area is 179 Å². The number of fused-ring (bicyclic) bond motifs is 1. The van der Waals surface area contributed by atoms with Crippen LogP contribution in [0.15, 0.2) is 46.6 Å². The molecule has 0 unspecified atom stereocenters. The zero-order valence-electron chi connectivity index (χ0n) is 17.4. The van der Waals surface area contributed by atoms with E-state index in [1.54, 1.807) is 34.9 Å². The van der Waals surface area contributed by atoms with Crippen LogP contribution in [0.5, 0.6) is 5.75 Å². The number of pyridine rings is 1. The standard InChI is InChI=1S/C23H23N3O5/c1-13-10-18-20(22(27)26(13)12-16-4-3-9-30-16)19(17(11-24)21(25)31-18)14-5-7-15(8-6-14)23(28)29-2/h5-8,10,16,19H,3-4,9,12,25H2,1-2H3/t16-,19+/m1/s1. The number of nitrogens with zero attached hydrogens (tertiary/aromatic N) is 2. The third kappa shape index (κ3) is 3.68. The number of benzene rings is 1. The first-order valence-electron chi connectivity index (χ1n) is 10.1. The molecule has 2 aliphatic heterocycles. The largest absolute Gasteiger partial charge is 0.465 e. The molecule has 0 saturated carbocycles. The molecule has 3 heterocycles. The second-order valence-electron chi connectivity index (χ2n) is 7.65. The molecule has 2 atom stereocenters. The van der Waals surface area contributed by atoms with Gasteiger partial charge in [-0.1, -0.05) is 12.1 Å². The van der Waals surface area contributed by atoms with Crippen molar-refractivity contribution in [1.82, 2.24) is 4.57 Å². The first-order valence-corrected chi connectivity index (χ1v) is 10.1. The summed E-state index contributed by atoms with van der Waals surface area (Å²) in [6.45, 7) is 2.96. The minimum atomic E-state index is -0.704. The number of nitriles is 1. The summed E-state index contributed by atoms with van der Waals surface area (Å²) < 4.78 is 17.8. The number of hydrogen-bond acceptors (Lipinski definition) is 7. The number of nitrogens with two attached hydrogens (primary N) is 1. The number of aryl methyl sites for hydroxylation is 1. The summed E-state index contributed by atoms with van der Waals surface area (Å²) in [5.74, 6) is -0.870. The van der Waals surface area contributed by atoms with Crippen LogP contribution >= 0.6 is 0 Å². The van der Waals surface area contributed by atoms with Crippen molar-refractivity contribution in [2.45, 2.75) is 38.3 Å². The summed E-state index contributed by atoms with van der Waals surface area (Å²) in [7, 11) is 1.31. The van der Waals surface area contributed by atoms with E-state index in [0.29, 0.717) is 35.6 Å². The minimum absolute atomic E-state index is 0.0206. The van der Waals surface area contributed by atoms with Gasteiger partial charge in [-0.3, -0.25) is 4.79 Å². The molecule has 8 heteroatoms. The molecule has 1 saturated heterocycles. The molecule has 8 nitrogen and oxygen atoms in total. The monoisotopic (exact) mass is 421 g/mol. The van der Waals surface area contributed by atoms with Crippen molar-refractivity contribution in [2.24, 2.45) is 5.73 Å². The van der Waals surface area contributed by atoms with E-state index in [0.717, 1.165) is 18.5 Å². The van der Waals surface area contributed by atoms with Crippen molar-refractivity contribution in [2.75, 3.05) is 13.7 Å². The third-order valence-corrected chi connectivity index (χ3v) is 5.77. The van der Waals surface area contributed by atoms with Crippen molar-refractivity contribution in [3.63, 3.8) is 0 Å². The Kier molecular flexibility index (Phi) is 5.53. The van der Waals surface area contributed by atoms with Crippen molar-refractivity contribution in [1.29, 1.82) is 5.26 Å². The van der Waals surface area contributed by atoms with Gasteiger partial charge in [-0.05, 0) is 37.5 Å². The number of rotatable bonds is 4. The van der Waals surface area contributed by atoms with Crippen LogP contribution in [-0.2, 0) is 16.0 Å². The van der Waals surface area contributed by atoms with Gasteiger partial charge in [0.05, 0.1) is 36.8 Å². The van der Waals surface area contributed by atoms with E-state index in [-0.39, 0.29) is 23.1 Å². The van der Waals surface area contributed by atoms with Gasteiger partial charge < -0.3 is 24.5 Å². The fourth-order valence-electron chi connectivity index (χ4n) is 4.17. The Morgan fingerprint density at radius 3 is 2.71 bits per heavy atom. The van der Waals surface area contributed by atoms with E-state index in [9.17, 15) is 14.9 Å². The molecular formula is C23H23N3O5. The zero-order valence-corrected chi connectivity index (χ0v) is 17.4. The Balaban J connectivity index is 1.84. The van der Waals surface area contributed by atoms with Crippen LogP contribution in [0.1, 0.15) is 45.9 Å². The van der Waals surface area contributed by atoms with Crippen LogP contribution in [0.25, 0.3) is 0 Å². The van der Waals surface area contributed by atoms with Gasteiger partial charge in [0.25, 0.3) is 5.56 Å². The Morgan fingerprint density at radius 1 is 1.35 bits per heavy atom. The molecule has 0 radical (unpaired) electrons. The molecular weight excluding hydrogens is 398 g/mol. The number of carbonyl (C=O) groups is 1. The smallest absolute Gasteiger partial charge is 0.337 e. The SMILES string of the molecule is COC(=O)c1ccc([C@H]2C(C#N)=C(N)Oc3cc(C)n(C[C@H]4CCCO4)c(=O)c32)cc1. The average molecular weight is 421 g/mol. The number of hydrogen-bond donors (Lipinski definition) is 1. The van der Waals surface area contributed by atoms with Crippen LogP contribution in [0.3, 0.4) is 0 Å². The third-order valence-electron chi connectivity index (χ3n) is 5.77. The highest BCUT2D eigenvalue weighted by Gasteiger charge is 2.34. The van der Waals surface area contributed by atoms with Crippen LogP contribution < -0.4 is 16.0 Å². The number of ether oxygens (including phenoxy) is 3. The van der Waals surface area contributed by atoms with Gasteiger partial charge >= 0.3 is 5.97 Å². The summed E-state index contributed by atoms with van der Waals surface area (Å²) in [5.41, 5.74) is 8.05. The summed E-state index contributed by atoms with van der Waals surface area (Å²) in [6, 6.07) is 10.4. The van der Waals surface area contributed by atoms with Crippen molar-refractivity contribution < 1.29 is 19.0 Å². The predicted octanol–water partition coefficient (Wildman–Crippen LogP) is 2.34. The molecule has 160 valence electrons. The van der Waals surface area contributed by atoms with Crippen LogP contribution in [0.4, 0.5) is 0 Å². The van der Waals surface area contributed by atoms with Gasteiger partial charge in [0.15, 0.2) is 0 Å². The Morgan fingerprint density at radius 2 is 2.10 bits per heavy atom. The molecule has 2 aliphatic rings. The molecule has 0 bridgehead atoms. The van der Waals surface area contributed by atoms with E-state index >= 15 is 0 Å². The number of methoxy groups -OCH3 is 1. The average Bonchev–Trinajstić information content (AvgIpc) is 3.28. The lowest BCUT2D eigenvalue weighted by molar-refractivity contribution is 0.0600. The zero-order chi connectivity index (χ0) is 22.1. The summed E-state index contributed by atoms with van der Waals surface area (Å²) >= 11 is 0. The quantitative estimate of drug-likeness (QED) is 0.753. The highest BCUT2D eigenvalue weighted by Crippen LogP contribution is 2.40. The van der Waals surface area contributed by atoms with Crippen LogP contribution in [0.2, 0.25) is 0 Å². The molecule has 2 N–H and O–H groups in total. The van der Waals surface area contributed by atoms with Crippen LogP contribution in [0, 0.1) is 18.3 Å². The maximum Gasteiger partial charge on any atom is 0.337 e. The second kappa shape index (κ2) is 8.28. The van der Waals surface area contributed by atoms with Gasteiger partial charge in [-0.25, -0.2) is 4.79 Å². The van der Waals surface area contributed by atoms with E-state index < -0.39 is 11.9 Å². The summed E-state index contributed by atoms with van der Waals surface area (Å²) in [4.78, 5) is 25.4. The Hall–Kier alpha value is -3.57. The molecule has 1 aromatic heterocycles. The predicted molar refractivity (Wildman–Crippen MR) is 111 cm³/mol. The lowest BCUT2D eigenvalue weighted by Gasteiger charge is -2.28. The number of carbonyl (C=O) groups excluding carboxylic acids is 1. The van der Waals surface area contributed by atoms with Gasteiger partial charge in [-0.2, -0.15) is 5.26 Å². The van der Waals surface area contributed by atoms with E-state index in [1.807, 2.05) is 6.92 Å². The topological polar surface area (TPSA) is 117 Å². The second-order valence-corrected chi connectivity index (χ2v) is 7.65.